The Labute approximate surface area is 144 Å². The van der Waals surface area contributed by atoms with Crippen molar-refractivity contribution in [2.45, 2.75) is 10.7 Å². The number of fused-ring (bicyclic) bond motifs is 3. The van der Waals surface area contributed by atoms with E-state index in [9.17, 15) is 0 Å². The number of halogens is 4. The molecular weight excluding hydrogens is 504 g/mol. The third-order valence-corrected chi connectivity index (χ3v) is 5.78. The quantitative estimate of drug-likeness (QED) is 0.341. The van der Waals surface area contributed by atoms with Crippen molar-refractivity contribution >= 4 is 85.7 Å². The summed E-state index contributed by atoms with van der Waals surface area (Å²) in [5.41, 5.74) is 4.18. The Morgan fingerprint density at radius 1 is 0.737 bits per heavy atom. The molecule has 2 aromatic carbocycles. The van der Waals surface area contributed by atoms with E-state index in [0.717, 1.165) is 52.7 Å². The van der Waals surface area contributed by atoms with E-state index >= 15 is 0 Å². The number of rotatable bonds is 2. The van der Waals surface area contributed by atoms with Crippen LogP contribution in [0.4, 0.5) is 0 Å². The molecule has 0 aliphatic carbocycles. The summed E-state index contributed by atoms with van der Waals surface area (Å²) in [7, 11) is 0. The molecule has 0 fully saturated rings. The minimum atomic E-state index is 0.759. The SMILES string of the molecule is BrCc1c(Br)ccc2c1oc1c(CBr)c(Br)ccc12. The van der Waals surface area contributed by atoms with Crippen molar-refractivity contribution in [1.29, 1.82) is 0 Å². The first-order valence-corrected chi connectivity index (χ1v) is 9.43. The summed E-state index contributed by atoms with van der Waals surface area (Å²) in [4.78, 5) is 0. The molecule has 3 rings (SSSR count). The third kappa shape index (κ3) is 2.23. The maximum atomic E-state index is 6.14. The van der Waals surface area contributed by atoms with Gasteiger partial charge in [-0.05, 0) is 24.3 Å². The zero-order chi connectivity index (χ0) is 13.6. The summed E-state index contributed by atoms with van der Waals surface area (Å²) in [6.07, 6.45) is 0. The first-order chi connectivity index (χ1) is 9.17. The van der Waals surface area contributed by atoms with Gasteiger partial charge in [-0.2, -0.15) is 0 Å². The first-order valence-electron chi connectivity index (χ1n) is 5.60. The van der Waals surface area contributed by atoms with Gasteiger partial charge in [0.1, 0.15) is 11.2 Å². The molecule has 0 radical (unpaired) electrons. The summed E-state index contributed by atoms with van der Waals surface area (Å²) in [6.45, 7) is 0. The van der Waals surface area contributed by atoms with Crippen molar-refractivity contribution in [1.82, 2.24) is 0 Å². The lowest BCUT2D eigenvalue weighted by Gasteiger charge is -2.00. The highest BCUT2D eigenvalue weighted by atomic mass is 79.9. The van der Waals surface area contributed by atoms with Crippen molar-refractivity contribution in [2.75, 3.05) is 0 Å². The van der Waals surface area contributed by atoms with Crippen LogP contribution in [0.5, 0.6) is 0 Å². The molecule has 0 aliphatic rings. The zero-order valence-corrected chi connectivity index (χ0v) is 16.0. The maximum Gasteiger partial charge on any atom is 0.140 e. The molecule has 0 amide bonds. The van der Waals surface area contributed by atoms with Crippen LogP contribution in [0, 0.1) is 0 Å². The Morgan fingerprint density at radius 3 is 1.53 bits per heavy atom. The summed E-state index contributed by atoms with van der Waals surface area (Å²) in [5.74, 6) is 0. The van der Waals surface area contributed by atoms with E-state index in [0.29, 0.717) is 0 Å². The van der Waals surface area contributed by atoms with Gasteiger partial charge in [-0.1, -0.05) is 63.7 Å². The molecule has 0 bridgehead atoms. The molecule has 0 spiro atoms. The molecule has 0 saturated heterocycles. The molecular formula is C14H8Br4O. The third-order valence-electron chi connectivity index (χ3n) is 3.17. The van der Waals surface area contributed by atoms with Crippen LogP contribution < -0.4 is 0 Å². The molecule has 0 unspecified atom stereocenters. The molecule has 3 aromatic rings. The van der Waals surface area contributed by atoms with Gasteiger partial charge in [0.2, 0.25) is 0 Å². The largest absolute Gasteiger partial charge is 0.455 e. The van der Waals surface area contributed by atoms with E-state index < -0.39 is 0 Å². The average molecular weight is 512 g/mol. The number of hydrogen-bond acceptors (Lipinski definition) is 1. The molecule has 0 atom stereocenters. The Morgan fingerprint density at radius 2 is 1.16 bits per heavy atom. The van der Waals surface area contributed by atoms with Crippen LogP contribution in [0.25, 0.3) is 21.9 Å². The van der Waals surface area contributed by atoms with E-state index in [2.05, 4.69) is 88.0 Å². The standard InChI is InChI=1S/C14H8Br4O/c15-5-9-11(17)3-1-7-8-2-4-12(18)10(6-16)14(8)19-13(7)9/h1-4H,5-6H2. The normalized spacial score (nSPS) is 11.6. The molecule has 5 heteroatoms. The fraction of sp³-hybridized carbons (Fsp3) is 0.143. The molecule has 0 saturated carbocycles. The second kappa shape index (κ2) is 5.51. The van der Waals surface area contributed by atoms with Gasteiger partial charge in [0, 0.05) is 41.5 Å². The highest BCUT2D eigenvalue weighted by molar-refractivity contribution is 9.11. The first kappa shape index (κ1) is 14.1. The molecule has 1 aromatic heterocycles. The average Bonchev–Trinajstić information content (AvgIpc) is 2.77. The van der Waals surface area contributed by atoms with E-state index in [1.165, 1.54) is 0 Å². The Balaban J connectivity index is 2.51. The molecule has 98 valence electrons. The lowest BCUT2D eigenvalue weighted by atomic mass is 10.1. The molecule has 19 heavy (non-hydrogen) atoms. The monoisotopic (exact) mass is 508 g/mol. The lowest BCUT2D eigenvalue weighted by Crippen LogP contribution is -1.80. The van der Waals surface area contributed by atoms with Gasteiger partial charge in [0.15, 0.2) is 0 Å². The van der Waals surface area contributed by atoms with Crippen LogP contribution in [0.3, 0.4) is 0 Å². The predicted molar refractivity (Wildman–Crippen MR) is 94.4 cm³/mol. The van der Waals surface area contributed by atoms with E-state index in [1.54, 1.807) is 0 Å². The summed E-state index contributed by atoms with van der Waals surface area (Å²) in [5, 5.41) is 3.83. The molecule has 1 heterocycles. The second-order valence-corrected chi connectivity index (χ2v) is 7.00. The Bertz CT molecular complexity index is 712. The smallest absolute Gasteiger partial charge is 0.140 e. The fourth-order valence-corrected chi connectivity index (χ4v) is 4.99. The summed E-state index contributed by atoms with van der Waals surface area (Å²) >= 11 is 14.2. The van der Waals surface area contributed by atoms with Crippen LogP contribution in [-0.2, 0) is 10.7 Å². The highest BCUT2D eigenvalue weighted by Gasteiger charge is 2.16. The van der Waals surface area contributed by atoms with Gasteiger partial charge < -0.3 is 4.42 Å². The van der Waals surface area contributed by atoms with Crippen LogP contribution in [0.15, 0.2) is 37.6 Å². The van der Waals surface area contributed by atoms with Gasteiger partial charge in [-0.15, -0.1) is 0 Å². The van der Waals surface area contributed by atoms with Gasteiger partial charge in [0.25, 0.3) is 0 Å². The molecule has 0 aliphatic heterocycles. The predicted octanol–water partition coefficient (Wildman–Crippen LogP) is 6.90. The molecule has 0 N–H and O–H groups in total. The minimum absolute atomic E-state index is 0.759. The van der Waals surface area contributed by atoms with Crippen molar-refractivity contribution < 1.29 is 4.42 Å². The van der Waals surface area contributed by atoms with Crippen molar-refractivity contribution in [2.24, 2.45) is 0 Å². The van der Waals surface area contributed by atoms with Crippen LogP contribution in [-0.4, -0.2) is 0 Å². The van der Waals surface area contributed by atoms with Gasteiger partial charge in [0.05, 0.1) is 0 Å². The fourth-order valence-electron chi connectivity index (χ4n) is 2.22. The zero-order valence-electron chi connectivity index (χ0n) is 9.64. The topological polar surface area (TPSA) is 13.1 Å². The maximum absolute atomic E-state index is 6.14. The minimum Gasteiger partial charge on any atom is -0.455 e. The van der Waals surface area contributed by atoms with E-state index in [4.69, 9.17) is 4.42 Å². The number of benzene rings is 2. The number of furan rings is 1. The number of hydrogen-bond donors (Lipinski definition) is 0. The van der Waals surface area contributed by atoms with Gasteiger partial charge in [-0.25, -0.2) is 0 Å². The van der Waals surface area contributed by atoms with Crippen molar-refractivity contribution in [3.05, 3.63) is 44.3 Å². The molecule has 1 nitrogen and oxygen atoms in total. The Kier molecular flexibility index (Phi) is 4.09. The van der Waals surface area contributed by atoms with E-state index in [-0.39, 0.29) is 0 Å². The van der Waals surface area contributed by atoms with Crippen LogP contribution >= 0.6 is 63.7 Å². The second-order valence-electron chi connectivity index (χ2n) is 4.17. The van der Waals surface area contributed by atoms with Crippen LogP contribution in [0.2, 0.25) is 0 Å². The lowest BCUT2D eigenvalue weighted by molar-refractivity contribution is 0.661. The number of alkyl halides is 2. The van der Waals surface area contributed by atoms with E-state index in [1.807, 2.05) is 0 Å². The van der Waals surface area contributed by atoms with Crippen molar-refractivity contribution in [3.8, 4) is 0 Å². The van der Waals surface area contributed by atoms with Gasteiger partial charge in [-0.3, -0.25) is 0 Å². The van der Waals surface area contributed by atoms with Crippen molar-refractivity contribution in [3.63, 3.8) is 0 Å². The Hall–Kier alpha value is 0.160. The van der Waals surface area contributed by atoms with Gasteiger partial charge >= 0.3 is 0 Å². The van der Waals surface area contributed by atoms with Crippen LogP contribution in [0.1, 0.15) is 11.1 Å². The summed E-state index contributed by atoms with van der Waals surface area (Å²) < 4.78 is 8.27. The highest BCUT2D eigenvalue weighted by Crippen LogP contribution is 2.39. The summed E-state index contributed by atoms with van der Waals surface area (Å²) in [6, 6.07) is 8.35.